The molecule has 0 radical (unpaired) electrons. The Hall–Kier alpha value is -3.54. The second kappa shape index (κ2) is 8.91. The second-order valence-electron chi connectivity index (χ2n) is 8.25. The molecule has 32 heavy (non-hydrogen) atoms. The highest BCUT2D eigenvalue weighted by atomic mass is 16.5. The van der Waals surface area contributed by atoms with Crippen molar-refractivity contribution in [3.63, 3.8) is 0 Å². The number of esters is 1. The molecule has 1 atom stereocenters. The number of hydrogen-bond acceptors (Lipinski definition) is 7. The van der Waals surface area contributed by atoms with Crippen LogP contribution in [0.3, 0.4) is 0 Å². The van der Waals surface area contributed by atoms with Gasteiger partial charge in [0, 0.05) is 42.7 Å². The average molecular weight is 431 g/mol. The van der Waals surface area contributed by atoms with E-state index < -0.39 is 0 Å². The number of benzene rings is 1. The number of fused-ring (bicyclic) bond motifs is 1. The number of hydrogen-bond donors (Lipinski definition) is 1. The summed E-state index contributed by atoms with van der Waals surface area (Å²) in [7, 11) is 4.11. The van der Waals surface area contributed by atoms with E-state index in [0.29, 0.717) is 30.1 Å². The van der Waals surface area contributed by atoms with Crippen molar-refractivity contribution in [3.8, 4) is 11.9 Å². The van der Waals surface area contributed by atoms with Crippen LogP contribution in [0.2, 0.25) is 0 Å². The smallest absolute Gasteiger partial charge is 0.338 e. The Morgan fingerprint density at radius 2 is 2.12 bits per heavy atom. The predicted molar refractivity (Wildman–Crippen MR) is 119 cm³/mol. The van der Waals surface area contributed by atoms with Crippen molar-refractivity contribution in [2.45, 2.75) is 33.0 Å². The van der Waals surface area contributed by atoms with E-state index in [0.717, 1.165) is 28.8 Å². The van der Waals surface area contributed by atoms with Crippen molar-refractivity contribution >= 4 is 5.97 Å². The molecule has 0 unspecified atom stereocenters. The Bertz CT molecular complexity index is 1210. The number of pyridine rings is 1. The van der Waals surface area contributed by atoms with Crippen molar-refractivity contribution in [3.05, 3.63) is 75.7 Å². The number of nitriles is 1. The molecule has 0 aliphatic carbocycles. The highest BCUT2D eigenvalue weighted by Gasteiger charge is 2.26. The van der Waals surface area contributed by atoms with E-state index in [-0.39, 0.29) is 12.0 Å². The third-order valence-corrected chi connectivity index (χ3v) is 5.94. The van der Waals surface area contributed by atoms with Crippen LogP contribution in [0.4, 0.5) is 0 Å². The molecule has 3 heterocycles. The molecule has 1 aromatic carbocycles. The van der Waals surface area contributed by atoms with Crippen LogP contribution in [-0.4, -0.2) is 46.3 Å². The van der Waals surface area contributed by atoms with Crippen LogP contribution >= 0.6 is 0 Å². The van der Waals surface area contributed by atoms with Crippen molar-refractivity contribution in [1.29, 1.82) is 5.26 Å². The highest BCUT2D eigenvalue weighted by molar-refractivity contribution is 5.94. The molecule has 0 saturated heterocycles. The van der Waals surface area contributed by atoms with Gasteiger partial charge in [-0.3, -0.25) is 0 Å². The first-order chi connectivity index (χ1) is 15.4. The number of carbonyl (C=O) groups is 1. The third kappa shape index (κ3) is 4.13. The van der Waals surface area contributed by atoms with Crippen LogP contribution in [0.1, 0.15) is 49.8 Å². The quantitative estimate of drug-likeness (QED) is 0.576. The first-order valence-electron chi connectivity index (χ1n) is 10.5. The maximum atomic E-state index is 11.8. The minimum Gasteiger partial charge on any atom is -0.457 e. The molecule has 0 bridgehead atoms. The topological polar surface area (TPSA) is 96.1 Å². The van der Waals surface area contributed by atoms with Gasteiger partial charge >= 0.3 is 5.97 Å². The first-order valence-corrected chi connectivity index (χ1v) is 10.5. The zero-order valence-corrected chi connectivity index (χ0v) is 18.7. The number of nitrogens with zero attached hydrogens (tertiary/aromatic N) is 5. The number of cyclic esters (lactones) is 1. The number of carbonyl (C=O) groups excluding carboxylic acids is 1. The normalized spacial score (nSPS) is 13.7. The molecule has 0 amide bonds. The van der Waals surface area contributed by atoms with Crippen LogP contribution < -0.4 is 5.32 Å². The summed E-state index contributed by atoms with van der Waals surface area (Å²) in [6, 6.07) is 8.04. The number of nitrogens with one attached hydrogen (secondary N) is 1. The van der Waals surface area contributed by atoms with Crippen LogP contribution in [-0.2, 0) is 17.9 Å². The van der Waals surface area contributed by atoms with Gasteiger partial charge in [0.1, 0.15) is 12.7 Å². The lowest BCUT2D eigenvalue weighted by Gasteiger charge is -2.27. The van der Waals surface area contributed by atoms with Crippen LogP contribution in [0.5, 0.6) is 0 Å². The Morgan fingerprint density at radius 3 is 2.84 bits per heavy atom. The molecule has 164 valence electrons. The molecule has 8 heteroatoms. The summed E-state index contributed by atoms with van der Waals surface area (Å²) in [6.07, 6.45) is 5.33. The van der Waals surface area contributed by atoms with Gasteiger partial charge in [0.05, 0.1) is 17.3 Å². The number of likely N-dealkylation sites (N-methyl/N-ethyl adjacent to an activating group) is 1. The molecule has 3 aromatic rings. The van der Waals surface area contributed by atoms with E-state index in [1.54, 1.807) is 10.9 Å². The van der Waals surface area contributed by atoms with Crippen molar-refractivity contribution in [2.75, 3.05) is 20.6 Å². The summed E-state index contributed by atoms with van der Waals surface area (Å²) < 4.78 is 6.92. The Kier molecular flexibility index (Phi) is 6.04. The monoisotopic (exact) mass is 430 g/mol. The standard InChI is InChI=1S/C24H26N6O2/c1-15-7-23(27-11-18(15)8-25)30-13-17(10-28-30)9-26-12-22(29(3)4)19-5-6-20-21(16(19)2)14-32-24(20)31/h5-7,10-11,13,22,26H,9,12,14H2,1-4H3/t22-/m0/s1. The van der Waals surface area contributed by atoms with Gasteiger partial charge in [-0.05, 0) is 56.8 Å². The molecular formula is C24H26N6O2. The number of ether oxygens (including phenoxy) is 1. The molecule has 1 N–H and O–H groups in total. The van der Waals surface area contributed by atoms with E-state index in [1.807, 2.05) is 37.5 Å². The lowest BCUT2D eigenvalue weighted by Crippen LogP contribution is -2.31. The highest BCUT2D eigenvalue weighted by Crippen LogP contribution is 2.30. The fourth-order valence-corrected chi connectivity index (χ4v) is 4.01. The largest absolute Gasteiger partial charge is 0.457 e. The molecule has 8 nitrogen and oxygen atoms in total. The van der Waals surface area contributed by atoms with Gasteiger partial charge in [-0.15, -0.1) is 0 Å². The summed E-state index contributed by atoms with van der Waals surface area (Å²) in [5.41, 5.74) is 6.45. The first kappa shape index (κ1) is 21.7. The molecule has 0 saturated carbocycles. The second-order valence-corrected chi connectivity index (χ2v) is 8.25. The van der Waals surface area contributed by atoms with Crippen LogP contribution in [0.15, 0.2) is 36.8 Å². The minimum absolute atomic E-state index is 0.147. The average Bonchev–Trinajstić information content (AvgIpc) is 3.39. The van der Waals surface area contributed by atoms with Crippen LogP contribution in [0, 0.1) is 25.2 Å². The van der Waals surface area contributed by atoms with Gasteiger partial charge in [0.25, 0.3) is 0 Å². The fourth-order valence-electron chi connectivity index (χ4n) is 4.01. The summed E-state index contributed by atoms with van der Waals surface area (Å²) in [4.78, 5) is 18.3. The van der Waals surface area contributed by atoms with Gasteiger partial charge in [-0.2, -0.15) is 10.4 Å². The SMILES string of the molecule is Cc1cc(-n2cc(CNC[C@@H](c3ccc4c(c3C)COC4=O)N(C)C)cn2)ncc1C#N. The van der Waals surface area contributed by atoms with E-state index in [2.05, 4.69) is 47.4 Å². The molecular weight excluding hydrogens is 404 g/mol. The molecule has 1 aliphatic heterocycles. The van der Waals surface area contributed by atoms with Crippen molar-refractivity contribution in [2.24, 2.45) is 0 Å². The molecule has 4 rings (SSSR count). The van der Waals surface area contributed by atoms with Crippen LogP contribution in [0.25, 0.3) is 5.82 Å². The van der Waals surface area contributed by atoms with E-state index in [4.69, 9.17) is 10.00 Å². The molecule has 0 spiro atoms. The fraction of sp³-hybridized carbons (Fsp3) is 0.333. The Labute approximate surface area is 187 Å². The molecule has 1 aliphatic rings. The summed E-state index contributed by atoms with van der Waals surface area (Å²) in [6.45, 7) is 5.69. The van der Waals surface area contributed by atoms with Crippen molar-refractivity contribution in [1.82, 2.24) is 25.0 Å². The Balaban J connectivity index is 1.44. The molecule has 0 fully saturated rings. The molecule has 2 aromatic heterocycles. The van der Waals surface area contributed by atoms with Gasteiger partial charge in [-0.25, -0.2) is 14.5 Å². The number of aryl methyl sites for hydroxylation is 1. The Morgan fingerprint density at radius 1 is 1.31 bits per heavy atom. The van der Waals surface area contributed by atoms with Gasteiger partial charge < -0.3 is 15.0 Å². The number of aromatic nitrogens is 3. The number of rotatable bonds is 7. The van der Waals surface area contributed by atoms with E-state index in [1.165, 1.54) is 5.56 Å². The summed E-state index contributed by atoms with van der Waals surface area (Å²) in [5.74, 6) is 0.447. The van der Waals surface area contributed by atoms with Crippen molar-refractivity contribution < 1.29 is 9.53 Å². The lowest BCUT2D eigenvalue weighted by molar-refractivity contribution is 0.0535. The summed E-state index contributed by atoms with van der Waals surface area (Å²) in [5, 5.41) is 17.0. The minimum atomic E-state index is -0.238. The zero-order chi connectivity index (χ0) is 22.8. The maximum Gasteiger partial charge on any atom is 0.338 e. The third-order valence-electron chi connectivity index (χ3n) is 5.94. The van der Waals surface area contributed by atoms with Gasteiger partial charge in [-0.1, -0.05) is 6.07 Å². The maximum absolute atomic E-state index is 11.8. The predicted octanol–water partition coefficient (Wildman–Crippen LogP) is 2.82. The summed E-state index contributed by atoms with van der Waals surface area (Å²) >= 11 is 0. The van der Waals surface area contributed by atoms with E-state index >= 15 is 0 Å². The van der Waals surface area contributed by atoms with Gasteiger partial charge in [0.2, 0.25) is 0 Å². The van der Waals surface area contributed by atoms with E-state index in [9.17, 15) is 4.79 Å². The zero-order valence-electron chi connectivity index (χ0n) is 18.7. The van der Waals surface area contributed by atoms with Gasteiger partial charge in [0.15, 0.2) is 5.82 Å². The lowest BCUT2D eigenvalue weighted by atomic mass is 9.93.